The van der Waals surface area contributed by atoms with Gasteiger partial charge in [0.1, 0.15) is 5.75 Å². The zero-order valence-corrected chi connectivity index (χ0v) is 19.6. The Balaban J connectivity index is 0.00000141. The number of rotatable bonds is 8. The average Bonchev–Trinajstić information content (AvgIpc) is 3.60. The third-order valence-electron chi connectivity index (χ3n) is 6.26. The maximum absolute atomic E-state index is 12.9. The number of nitrogens with one attached hydrogen (secondary N) is 3. The van der Waals surface area contributed by atoms with Crippen molar-refractivity contribution in [2.24, 2.45) is 5.92 Å². The van der Waals surface area contributed by atoms with Gasteiger partial charge in [-0.1, -0.05) is 57.9 Å². The smallest absolute Gasteiger partial charge is 0.251 e. The van der Waals surface area contributed by atoms with Crippen molar-refractivity contribution in [1.29, 1.82) is 0 Å². The van der Waals surface area contributed by atoms with Crippen molar-refractivity contribution >= 4 is 11.8 Å². The second-order valence-electron chi connectivity index (χ2n) is 8.55. The van der Waals surface area contributed by atoms with Crippen LogP contribution in [0.1, 0.15) is 76.0 Å². The predicted molar refractivity (Wildman–Crippen MR) is 127 cm³/mol. The van der Waals surface area contributed by atoms with Gasteiger partial charge in [-0.25, -0.2) is 0 Å². The van der Waals surface area contributed by atoms with E-state index in [-0.39, 0.29) is 17.7 Å². The Morgan fingerprint density at radius 2 is 1.91 bits per heavy atom. The summed E-state index contributed by atoms with van der Waals surface area (Å²) in [7, 11) is 0. The van der Waals surface area contributed by atoms with Crippen molar-refractivity contribution in [3.63, 3.8) is 0 Å². The summed E-state index contributed by atoms with van der Waals surface area (Å²) in [4.78, 5) is 25.7. The molecular weight excluding hydrogens is 402 g/mol. The minimum atomic E-state index is -0.568. The van der Waals surface area contributed by atoms with Crippen LogP contribution < -0.4 is 20.7 Å². The highest BCUT2D eigenvalue weighted by atomic mass is 16.5. The van der Waals surface area contributed by atoms with Crippen molar-refractivity contribution in [2.45, 2.75) is 77.8 Å². The molecule has 174 valence electrons. The molecule has 0 saturated heterocycles. The number of para-hydroxylation sites is 1. The van der Waals surface area contributed by atoms with Gasteiger partial charge in [0.25, 0.3) is 5.91 Å². The molecule has 2 aliphatic carbocycles. The van der Waals surface area contributed by atoms with E-state index in [9.17, 15) is 9.59 Å². The van der Waals surface area contributed by atoms with Crippen LogP contribution in [0, 0.1) is 12.8 Å². The summed E-state index contributed by atoms with van der Waals surface area (Å²) in [5, 5.41) is 9.72. The van der Waals surface area contributed by atoms with Crippen LogP contribution in [0.25, 0.3) is 0 Å². The van der Waals surface area contributed by atoms with Crippen LogP contribution in [0.3, 0.4) is 0 Å². The number of carbonyl (C=O) groups is 2. The molecule has 2 amide bonds. The molecule has 1 aliphatic heterocycles. The Morgan fingerprint density at radius 1 is 1.19 bits per heavy atom. The van der Waals surface area contributed by atoms with Gasteiger partial charge in [0, 0.05) is 23.2 Å². The van der Waals surface area contributed by atoms with Crippen LogP contribution >= 0.6 is 0 Å². The molecule has 1 heterocycles. The van der Waals surface area contributed by atoms with E-state index in [4.69, 9.17) is 4.74 Å². The van der Waals surface area contributed by atoms with E-state index in [2.05, 4.69) is 22.5 Å². The highest BCUT2D eigenvalue weighted by Crippen LogP contribution is 2.37. The Morgan fingerprint density at radius 3 is 2.56 bits per heavy atom. The van der Waals surface area contributed by atoms with E-state index >= 15 is 0 Å². The fraction of sp³-hybridized carbons (Fsp3) is 0.538. The average molecular weight is 440 g/mol. The fourth-order valence-electron chi connectivity index (χ4n) is 4.48. The van der Waals surface area contributed by atoms with Crippen LogP contribution in [0.15, 0.2) is 42.3 Å². The van der Waals surface area contributed by atoms with Gasteiger partial charge < -0.3 is 20.7 Å². The van der Waals surface area contributed by atoms with Crippen molar-refractivity contribution in [2.75, 3.05) is 6.54 Å². The lowest BCUT2D eigenvalue weighted by molar-refractivity contribution is -0.123. The largest absolute Gasteiger partial charge is 0.465 e. The van der Waals surface area contributed by atoms with Gasteiger partial charge in [-0.2, -0.15) is 0 Å². The maximum atomic E-state index is 12.9. The Hall–Kier alpha value is -2.76. The van der Waals surface area contributed by atoms with Gasteiger partial charge in [-0.15, -0.1) is 0 Å². The summed E-state index contributed by atoms with van der Waals surface area (Å²) in [6.07, 6.45) is 9.10. The molecule has 3 N–H and O–H groups in total. The lowest BCUT2D eigenvalue weighted by Crippen LogP contribution is -2.36. The standard InChI is InChI=1S/C24H31N3O3.C2H6/c1-3-30-22-15(2)8-7-11-18(22)21(27-23(28)16-12-13-16)20-19(14-25-24(20)29)26-17-9-5-4-6-10-17;1-2/h3,7-8,11,16-17,21,26H,1,4-6,9-10,12-14H2,2H3,(H,25,29)(H,27,28);1-2H3. The summed E-state index contributed by atoms with van der Waals surface area (Å²) in [6.45, 7) is 10.1. The molecule has 6 nitrogen and oxygen atoms in total. The molecule has 1 aromatic carbocycles. The number of hydrogen-bond acceptors (Lipinski definition) is 4. The molecule has 2 fully saturated rings. The van der Waals surface area contributed by atoms with Crippen LogP contribution in [0.5, 0.6) is 5.75 Å². The van der Waals surface area contributed by atoms with Crippen molar-refractivity contribution in [3.8, 4) is 5.75 Å². The van der Waals surface area contributed by atoms with Crippen LogP contribution in [-0.2, 0) is 9.59 Å². The van der Waals surface area contributed by atoms with Gasteiger partial charge in [0.2, 0.25) is 5.91 Å². The molecule has 0 radical (unpaired) electrons. The number of ether oxygens (including phenoxy) is 1. The number of carbonyl (C=O) groups excluding carboxylic acids is 2. The van der Waals surface area contributed by atoms with Gasteiger partial charge in [0.15, 0.2) is 0 Å². The summed E-state index contributed by atoms with van der Waals surface area (Å²) in [6, 6.07) is 5.60. The molecule has 1 unspecified atom stereocenters. The van der Waals surface area contributed by atoms with Gasteiger partial charge in [-0.05, 0) is 38.2 Å². The lowest BCUT2D eigenvalue weighted by Gasteiger charge is -2.27. The molecule has 3 aliphatic rings. The molecular formula is C26H37N3O3. The number of amides is 2. The minimum Gasteiger partial charge on any atom is -0.465 e. The first-order valence-corrected chi connectivity index (χ1v) is 12.0. The Kier molecular flexibility index (Phi) is 8.37. The van der Waals surface area contributed by atoms with E-state index in [1.807, 2.05) is 39.0 Å². The van der Waals surface area contributed by atoms with E-state index in [1.54, 1.807) is 0 Å². The van der Waals surface area contributed by atoms with Crippen molar-refractivity contribution in [3.05, 3.63) is 53.4 Å². The third-order valence-corrected chi connectivity index (χ3v) is 6.26. The van der Waals surface area contributed by atoms with Crippen molar-refractivity contribution < 1.29 is 14.3 Å². The first-order chi connectivity index (χ1) is 15.6. The van der Waals surface area contributed by atoms with Crippen LogP contribution in [0.4, 0.5) is 0 Å². The molecule has 1 aromatic rings. The normalized spacial score (nSPS) is 19.4. The Bertz CT molecular complexity index is 867. The summed E-state index contributed by atoms with van der Waals surface area (Å²) < 4.78 is 5.72. The molecule has 6 heteroatoms. The highest BCUT2D eigenvalue weighted by Gasteiger charge is 2.38. The second-order valence-corrected chi connectivity index (χ2v) is 8.55. The van der Waals surface area contributed by atoms with E-state index < -0.39 is 6.04 Å². The monoisotopic (exact) mass is 439 g/mol. The highest BCUT2D eigenvalue weighted by molar-refractivity contribution is 5.99. The van der Waals surface area contributed by atoms with Crippen molar-refractivity contribution in [1.82, 2.24) is 16.0 Å². The summed E-state index contributed by atoms with van der Waals surface area (Å²) in [5.74, 6) is 0.537. The van der Waals surface area contributed by atoms with Crippen LogP contribution in [0.2, 0.25) is 0 Å². The van der Waals surface area contributed by atoms with Gasteiger partial charge in [0.05, 0.1) is 24.4 Å². The number of aryl methyl sites for hydroxylation is 1. The minimum absolute atomic E-state index is 0.00437. The lowest BCUT2D eigenvalue weighted by atomic mass is 9.92. The second kappa shape index (κ2) is 11.2. The fourth-order valence-corrected chi connectivity index (χ4v) is 4.48. The molecule has 0 aromatic heterocycles. The number of hydrogen-bond donors (Lipinski definition) is 3. The molecule has 4 rings (SSSR count). The van der Waals surface area contributed by atoms with E-state index in [0.29, 0.717) is 23.9 Å². The van der Waals surface area contributed by atoms with Gasteiger partial charge >= 0.3 is 0 Å². The van der Waals surface area contributed by atoms with Crippen LogP contribution in [-0.4, -0.2) is 24.4 Å². The maximum Gasteiger partial charge on any atom is 0.251 e. The molecule has 0 spiro atoms. The SMILES string of the molecule is C=COc1c(C)cccc1C(NC(=O)C1CC1)C1=C(NC2CCCCC2)CNC1=O.CC. The first-order valence-electron chi connectivity index (χ1n) is 12.0. The van der Waals surface area contributed by atoms with Gasteiger partial charge in [-0.3, -0.25) is 9.59 Å². The summed E-state index contributed by atoms with van der Waals surface area (Å²) >= 11 is 0. The predicted octanol–water partition coefficient (Wildman–Crippen LogP) is 4.42. The molecule has 2 saturated carbocycles. The third kappa shape index (κ3) is 5.53. The molecule has 0 bridgehead atoms. The topological polar surface area (TPSA) is 79.5 Å². The zero-order valence-electron chi connectivity index (χ0n) is 19.6. The number of benzene rings is 1. The molecule has 32 heavy (non-hydrogen) atoms. The first kappa shape index (κ1) is 23.9. The quantitative estimate of drug-likeness (QED) is 0.524. The van der Waals surface area contributed by atoms with E-state index in [1.165, 1.54) is 25.5 Å². The molecule has 1 atom stereocenters. The summed E-state index contributed by atoms with van der Waals surface area (Å²) in [5.41, 5.74) is 3.19. The zero-order chi connectivity index (χ0) is 23.1. The van der Waals surface area contributed by atoms with E-state index in [0.717, 1.165) is 42.5 Å². The Labute approximate surface area is 191 Å².